The summed E-state index contributed by atoms with van der Waals surface area (Å²) < 4.78 is 26.9. The fourth-order valence-corrected chi connectivity index (χ4v) is 5.92. The van der Waals surface area contributed by atoms with Crippen LogP contribution in [-0.2, 0) is 27.7 Å². The molecule has 8 heteroatoms. The number of nitrogens with one attached hydrogen (secondary N) is 1. The molecule has 1 saturated heterocycles. The Balaban J connectivity index is 1.50. The van der Waals surface area contributed by atoms with E-state index in [1.54, 1.807) is 12.1 Å². The lowest BCUT2D eigenvalue weighted by atomic mass is 10.1. The Morgan fingerprint density at radius 3 is 2.50 bits per heavy atom. The lowest BCUT2D eigenvalue weighted by Gasteiger charge is -2.13. The molecule has 2 heterocycles. The monoisotopic (exact) mass is 393 g/mol. The van der Waals surface area contributed by atoms with Crippen LogP contribution in [0, 0.1) is 0 Å². The third-order valence-electron chi connectivity index (χ3n) is 4.35. The first kappa shape index (κ1) is 18.9. The van der Waals surface area contributed by atoms with Gasteiger partial charge in [0.1, 0.15) is 4.21 Å². The highest BCUT2D eigenvalue weighted by Gasteiger charge is 2.28. The maximum absolute atomic E-state index is 12.5. The summed E-state index contributed by atoms with van der Waals surface area (Å²) in [6.45, 7) is 1.70. The normalized spacial score (nSPS) is 15.2. The van der Waals surface area contributed by atoms with Crippen molar-refractivity contribution in [2.24, 2.45) is 0 Å². The summed E-state index contributed by atoms with van der Waals surface area (Å²) in [6, 6.07) is 10.9. The average molecular weight is 394 g/mol. The van der Waals surface area contributed by atoms with E-state index >= 15 is 0 Å². The van der Waals surface area contributed by atoms with Crippen molar-refractivity contribution in [3.8, 4) is 0 Å². The van der Waals surface area contributed by atoms with E-state index in [1.165, 1.54) is 15.6 Å². The van der Waals surface area contributed by atoms with E-state index in [4.69, 9.17) is 5.73 Å². The van der Waals surface area contributed by atoms with Gasteiger partial charge >= 0.3 is 0 Å². The summed E-state index contributed by atoms with van der Waals surface area (Å²) in [4.78, 5) is 12.8. The largest absolute Gasteiger partial charge is 0.399 e. The molecular formula is C18H23N3O3S2. The van der Waals surface area contributed by atoms with Gasteiger partial charge in [0.2, 0.25) is 5.91 Å². The molecule has 1 aromatic carbocycles. The predicted molar refractivity (Wildman–Crippen MR) is 104 cm³/mol. The molecule has 1 fully saturated rings. The molecule has 0 atom stereocenters. The summed E-state index contributed by atoms with van der Waals surface area (Å²) in [7, 11) is -3.40. The second-order valence-electron chi connectivity index (χ2n) is 6.35. The number of amides is 1. The molecule has 1 aromatic heterocycles. The van der Waals surface area contributed by atoms with Crippen molar-refractivity contribution in [2.45, 2.75) is 29.9 Å². The molecular weight excluding hydrogens is 370 g/mol. The topological polar surface area (TPSA) is 92.5 Å². The van der Waals surface area contributed by atoms with Gasteiger partial charge in [-0.3, -0.25) is 4.79 Å². The van der Waals surface area contributed by atoms with Crippen molar-refractivity contribution in [2.75, 3.05) is 25.4 Å². The van der Waals surface area contributed by atoms with Gasteiger partial charge in [0.15, 0.2) is 0 Å². The minimum atomic E-state index is -3.40. The number of carbonyl (C=O) groups is 1. The Bertz CT molecular complexity index is 854. The quantitative estimate of drug-likeness (QED) is 0.704. The van der Waals surface area contributed by atoms with E-state index < -0.39 is 10.0 Å². The van der Waals surface area contributed by atoms with Gasteiger partial charge in [-0.15, -0.1) is 11.3 Å². The summed E-state index contributed by atoms with van der Waals surface area (Å²) in [6.07, 6.45) is 2.74. The molecule has 1 amide bonds. The van der Waals surface area contributed by atoms with Gasteiger partial charge < -0.3 is 11.1 Å². The molecule has 1 aliphatic rings. The van der Waals surface area contributed by atoms with Gasteiger partial charge in [-0.1, -0.05) is 12.1 Å². The first-order valence-corrected chi connectivity index (χ1v) is 10.9. The van der Waals surface area contributed by atoms with Crippen LogP contribution in [0.1, 0.15) is 23.3 Å². The van der Waals surface area contributed by atoms with Crippen LogP contribution < -0.4 is 11.1 Å². The van der Waals surface area contributed by atoms with Crippen LogP contribution in [-0.4, -0.2) is 38.3 Å². The third-order valence-corrected chi connectivity index (χ3v) is 7.80. The highest BCUT2D eigenvalue weighted by molar-refractivity contribution is 7.91. The van der Waals surface area contributed by atoms with E-state index in [1.807, 2.05) is 24.3 Å². The Hall–Kier alpha value is -1.90. The fourth-order valence-electron chi connectivity index (χ4n) is 2.90. The number of benzene rings is 1. The van der Waals surface area contributed by atoms with Gasteiger partial charge in [-0.2, -0.15) is 4.31 Å². The fraction of sp³-hybridized carbons (Fsp3) is 0.389. The zero-order chi connectivity index (χ0) is 18.6. The zero-order valence-corrected chi connectivity index (χ0v) is 16.1. The number of anilines is 1. The number of nitrogens with two attached hydrogens (primary N) is 1. The smallest absolute Gasteiger partial charge is 0.252 e. The lowest BCUT2D eigenvalue weighted by molar-refractivity contribution is -0.120. The molecule has 1 aliphatic heterocycles. The Labute approximate surface area is 158 Å². The molecule has 0 bridgehead atoms. The number of carbonyl (C=O) groups excluding carboxylic acids is 1. The number of thiophene rings is 1. The summed E-state index contributed by atoms with van der Waals surface area (Å²) >= 11 is 1.18. The van der Waals surface area contributed by atoms with Crippen molar-refractivity contribution in [3.05, 3.63) is 46.8 Å². The van der Waals surface area contributed by atoms with Gasteiger partial charge in [-0.25, -0.2) is 8.42 Å². The molecule has 2 aromatic rings. The van der Waals surface area contributed by atoms with Crippen molar-refractivity contribution in [1.82, 2.24) is 9.62 Å². The van der Waals surface area contributed by atoms with Crippen LogP contribution in [0.3, 0.4) is 0 Å². The van der Waals surface area contributed by atoms with Crippen molar-refractivity contribution in [1.29, 1.82) is 0 Å². The van der Waals surface area contributed by atoms with Gasteiger partial charge in [-0.05, 0) is 49.1 Å². The summed E-state index contributed by atoms with van der Waals surface area (Å²) in [5.74, 6) is -0.104. The number of sulfonamides is 1. The van der Waals surface area contributed by atoms with Crippen LogP contribution in [0.4, 0.5) is 5.69 Å². The van der Waals surface area contributed by atoms with Crippen LogP contribution in [0.2, 0.25) is 0 Å². The molecule has 140 valence electrons. The van der Waals surface area contributed by atoms with E-state index in [2.05, 4.69) is 5.32 Å². The predicted octanol–water partition coefficient (Wildman–Crippen LogP) is 2.02. The van der Waals surface area contributed by atoms with Gasteiger partial charge in [0.25, 0.3) is 10.0 Å². The Morgan fingerprint density at radius 2 is 1.81 bits per heavy atom. The van der Waals surface area contributed by atoms with Gasteiger partial charge in [0, 0.05) is 30.2 Å². The molecule has 0 aliphatic carbocycles. The zero-order valence-electron chi connectivity index (χ0n) is 14.5. The van der Waals surface area contributed by atoms with Crippen molar-refractivity contribution in [3.63, 3.8) is 0 Å². The minimum Gasteiger partial charge on any atom is -0.399 e. The van der Waals surface area contributed by atoms with E-state index in [0.717, 1.165) is 35.4 Å². The summed E-state index contributed by atoms with van der Waals surface area (Å²) in [5.41, 5.74) is 7.47. The molecule has 0 spiro atoms. The highest BCUT2D eigenvalue weighted by Crippen LogP contribution is 2.27. The van der Waals surface area contributed by atoms with Crippen molar-refractivity contribution < 1.29 is 13.2 Å². The molecule has 6 nitrogen and oxygen atoms in total. The SMILES string of the molecule is Nc1ccc(CCNC(=O)Cc2ccc(S(=O)(=O)N3CCCC3)s2)cc1. The maximum Gasteiger partial charge on any atom is 0.252 e. The Morgan fingerprint density at radius 1 is 1.12 bits per heavy atom. The maximum atomic E-state index is 12.5. The van der Waals surface area contributed by atoms with E-state index in [9.17, 15) is 13.2 Å². The second kappa shape index (κ2) is 8.20. The molecule has 3 N–H and O–H groups in total. The third kappa shape index (κ3) is 4.63. The van der Waals surface area contributed by atoms with E-state index in [0.29, 0.717) is 23.8 Å². The molecule has 26 heavy (non-hydrogen) atoms. The summed E-state index contributed by atoms with van der Waals surface area (Å²) in [5, 5.41) is 2.87. The van der Waals surface area contributed by atoms with Gasteiger partial charge in [0.05, 0.1) is 6.42 Å². The van der Waals surface area contributed by atoms with Crippen LogP contribution in [0.5, 0.6) is 0 Å². The average Bonchev–Trinajstić information content (AvgIpc) is 3.29. The van der Waals surface area contributed by atoms with Crippen molar-refractivity contribution >= 4 is 33.0 Å². The second-order valence-corrected chi connectivity index (χ2v) is 9.68. The highest BCUT2D eigenvalue weighted by atomic mass is 32.2. The minimum absolute atomic E-state index is 0.104. The first-order valence-electron chi connectivity index (χ1n) is 8.65. The molecule has 3 rings (SSSR count). The Kier molecular flexibility index (Phi) is 5.95. The molecule has 0 saturated carbocycles. The number of hydrogen-bond acceptors (Lipinski definition) is 5. The van der Waals surface area contributed by atoms with E-state index in [-0.39, 0.29) is 12.3 Å². The molecule has 0 unspecified atom stereocenters. The van der Waals surface area contributed by atoms with Crippen LogP contribution in [0.25, 0.3) is 0 Å². The first-order chi connectivity index (χ1) is 12.4. The van der Waals surface area contributed by atoms with Crippen LogP contribution in [0.15, 0.2) is 40.6 Å². The number of nitrogen functional groups attached to an aromatic ring is 1. The van der Waals surface area contributed by atoms with Crippen LogP contribution >= 0.6 is 11.3 Å². The number of nitrogens with zero attached hydrogens (tertiary/aromatic N) is 1. The lowest BCUT2D eigenvalue weighted by Crippen LogP contribution is -2.27. The molecule has 0 radical (unpaired) electrons. The standard InChI is InChI=1S/C18H23N3O3S2/c19-15-5-3-14(4-6-15)9-10-20-17(22)13-16-7-8-18(25-16)26(23,24)21-11-1-2-12-21/h3-8H,1-2,9-13,19H2,(H,20,22). The number of rotatable bonds is 7. The number of hydrogen-bond donors (Lipinski definition) is 2.